The average Bonchev–Trinajstić information content (AvgIpc) is 3.28. The number of thiophene rings is 1. The molecule has 0 radical (unpaired) electrons. The lowest BCUT2D eigenvalue weighted by Gasteiger charge is -2.31. The highest BCUT2D eigenvalue weighted by atomic mass is 35.5. The van der Waals surface area contributed by atoms with Gasteiger partial charge in [-0.3, -0.25) is 4.79 Å². The molecule has 1 amide bonds. The van der Waals surface area contributed by atoms with Crippen LogP contribution in [0.4, 0.5) is 0 Å². The molecule has 4 heterocycles. The smallest absolute Gasteiger partial charge is 0.264 e. The number of hydrogen-bond donors (Lipinski definition) is 1. The number of carbonyl (C=O) groups is 1. The van der Waals surface area contributed by atoms with Crippen molar-refractivity contribution in [2.75, 3.05) is 26.7 Å². The van der Waals surface area contributed by atoms with E-state index in [1.807, 2.05) is 16.3 Å². The topological polar surface area (TPSA) is 72.3 Å². The molecule has 2 aromatic heterocycles. The van der Waals surface area contributed by atoms with Crippen LogP contribution in [0.15, 0.2) is 11.4 Å². The van der Waals surface area contributed by atoms with Crippen molar-refractivity contribution in [1.29, 1.82) is 0 Å². The first-order valence-electron chi connectivity index (χ1n) is 8.30. The maximum absolute atomic E-state index is 12.6. The van der Waals surface area contributed by atoms with Gasteiger partial charge in [-0.15, -0.1) is 33.9 Å². The summed E-state index contributed by atoms with van der Waals surface area (Å²) in [6.45, 7) is 4.24. The van der Waals surface area contributed by atoms with Gasteiger partial charge in [0.2, 0.25) is 0 Å². The number of methoxy groups -OCH3 is 1. The predicted molar refractivity (Wildman–Crippen MR) is 97.7 cm³/mol. The molecule has 1 saturated heterocycles. The van der Waals surface area contributed by atoms with Gasteiger partial charge in [-0.2, -0.15) is 0 Å². The Bertz CT molecular complexity index is 739. The molecule has 9 heteroatoms. The van der Waals surface area contributed by atoms with Gasteiger partial charge < -0.3 is 19.5 Å². The Labute approximate surface area is 156 Å². The van der Waals surface area contributed by atoms with E-state index in [-0.39, 0.29) is 18.3 Å². The molecule has 2 aromatic rings. The lowest BCUT2D eigenvalue weighted by Crippen LogP contribution is -2.38. The highest BCUT2D eigenvalue weighted by Gasteiger charge is 2.29. The summed E-state index contributed by atoms with van der Waals surface area (Å²) in [6.07, 6.45) is 1.89. The van der Waals surface area contributed by atoms with E-state index in [1.165, 1.54) is 11.3 Å². The van der Waals surface area contributed by atoms with Gasteiger partial charge >= 0.3 is 0 Å². The zero-order chi connectivity index (χ0) is 16.5. The molecule has 0 bridgehead atoms. The summed E-state index contributed by atoms with van der Waals surface area (Å²) in [5, 5.41) is 13.9. The molecule has 25 heavy (non-hydrogen) atoms. The largest absolute Gasteiger partial charge is 0.496 e. The molecule has 136 valence electrons. The zero-order valence-corrected chi connectivity index (χ0v) is 15.7. The maximum atomic E-state index is 12.6. The number of nitrogens with one attached hydrogen (secondary N) is 1. The number of amides is 1. The van der Waals surface area contributed by atoms with Crippen molar-refractivity contribution in [3.63, 3.8) is 0 Å². The van der Waals surface area contributed by atoms with Gasteiger partial charge in [0.15, 0.2) is 0 Å². The SMILES string of the molecule is COc1csc(C(=O)N2CCC(c3nnc4n3CCNC4)CC2)c1.Cl. The molecular weight excluding hydrogens is 362 g/mol. The lowest BCUT2D eigenvalue weighted by molar-refractivity contribution is 0.0715. The monoisotopic (exact) mass is 383 g/mol. The van der Waals surface area contributed by atoms with Crippen molar-refractivity contribution < 1.29 is 9.53 Å². The van der Waals surface area contributed by atoms with Gasteiger partial charge in [0.05, 0.1) is 18.5 Å². The highest BCUT2D eigenvalue weighted by molar-refractivity contribution is 7.12. The second-order valence-corrected chi connectivity index (χ2v) is 7.13. The number of fused-ring (bicyclic) bond motifs is 1. The summed E-state index contributed by atoms with van der Waals surface area (Å²) in [5.41, 5.74) is 0. The first-order valence-corrected chi connectivity index (χ1v) is 9.18. The number of nitrogens with zero attached hydrogens (tertiary/aromatic N) is 4. The average molecular weight is 384 g/mol. The van der Waals surface area contributed by atoms with Crippen molar-refractivity contribution in [1.82, 2.24) is 25.0 Å². The molecule has 0 spiro atoms. The van der Waals surface area contributed by atoms with Crippen molar-refractivity contribution in [2.45, 2.75) is 31.8 Å². The van der Waals surface area contributed by atoms with Crippen molar-refractivity contribution in [3.05, 3.63) is 28.0 Å². The van der Waals surface area contributed by atoms with Crippen LogP contribution in [0.1, 0.15) is 40.1 Å². The first kappa shape index (κ1) is 18.2. The second-order valence-electron chi connectivity index (χ2n) is 6.22. The van der Waals surface area contributed by atoms with Crippen LogP contribution in [-0.4, -0.2) is 52.3 Å². The molecule has 0 unspecified atom stereocenters. The number of rotatable bonds is 3. The minimum absolute atomic E-state index is 0. The molecular formula is C16H22ClN5O2S. The Kier molecular flexibility index (Phi) is 5.61. The van der Waals surface area contributed by atoms with Gasteiger partial charge in [-0.25, -0.2) is 0 Å². The fraction of sp³-hybridized carbons (Fsp3) is 0.562. The molecule has 4 rings (SSSR count). The summed E-state index contributed by atoms with van der Waals surface area (Å²) < 4.78 is 7.42. The van der Waals surface area contributed by atoms with Crippen LogP contribution < -0.4 is 10.1 Å². The number of halogens is 1. The van der Waals surface area contributed by atoms with E-state index in [2.05, 4.69) is 20.1 Å². The summed E-state index contributed by atoms with van der Waals surface area (Å²) in [7, 11) is 1.62. The molecule has 0 saturated carbocycles. The summed E-state index contributed by atoms with van der Waals surface area (Å²) in [6, 6.07) is 1.82. The van der Waals surface area contributed by atoms with Gasteiger partial charge in [-0.1, -0.05) is 0 Å². The lowest BCUT2D eigenvalue weighted by atomic mass is 9.95. The third-order valence-corrected chi connectivity index (χ3v) is 5.72. The van der Waals surface area contributed by atoms with E-state index >= 15 is 0 Å². The Morgan fingerprint density at radius 2 is 2.12 bits per heavy atom. The highest BCUT2D eigenvalue weighted by Crippen LogP contribution is 2.30. The van der Waals surface area contributed by atoms with Crippen LogP contribution in [0.3, 0.4) is 0 Å². The fourth-order valence-electron chi connectivity index (χ4n) is 3.45. The molecule has 0 atom stereocenters. The van der Waals surface area contributed by atoms with E-state index in [0.29, 0.717) is 5.92 Å². The fourth-order valence-corrected chi connectivity index (χ4v) is 4.27. The van der Waals surface area contributed by atoms with Crippen LogP contribution in [0.2, 0.25) is 0 Å². The molecule has 2 aliphatic heterocycles. The van der Waals surface area contributed by atoms with E-state index < -0.39 is 0 Å². The van der Waals surface area contributed by atoms with Gasteiger partial charge in [-0.05, 0) is 12.8 Å². The number of ether oxygens (including phenoxy) is 1. The van der Waals surface area contributed by atoms with Crippen molar-refractivity contribution >= 4 is 29.7 Å². The minimum Gasteiger partial charge on any atom is -0.496 e. The normalized spacial score (nSPS) is 17.7. The number of likely N-dealkylation sites (tertiary alicyclic amines) is 1. The number of carbonyl (C=O) groups excluding carboxylic acids is 1. The number of hydrogen-bond acceptors (Lipinski definition) is 6. The summed E-state index contributed by atoms with van der Waals surface area (Å²) >= 11 is 1.44. The molecule has 2 aliphatic rings. The summed E-state index contributed by atoms with van der Waals surface area (Å²) in [5.74, 6) is 3.37. The van der Waals surface area contributed by atoms with Gasteiger partial charge in [0.1, 0.15) is 17.4 Å². The van der Waals surface area contributed by atoms with E-state index in [4.69, 9.17) is 4.74 Å². The molecule has 0 aliphatic carbocycles. The van der Waals surface area contributed by atoms with E-state index in [9.17, 15) is 4.79 Å². The van der Waals surface area contributed by atoms with Crippen LogP contribution in [0.5, 0.6) is 5.75 Å². The third-order valence-electron chi connectivity index (χ3n) is 4.82. The molecule has 7 nitrogen and oxygen atoms in total. The van der Waals surface area contributed by atoms with Gasteiger partial charge in [0.25, 0.3) is 5.91 Å². The van der Waals surface area contributed by atoms with E-state index in [1.54, 1.807) is 7.11 Å². The molecule has 0 aromatic carbocycles. The molecule has 1 fully saturated rings. The maximum Gasteiger partial charge on any atom is 0.264 e. The van der Waals surface area contributed by atoms with Crippen molar-refractivity contribution in [2.24, 2.45) is 0 Å². The third kappa shape index (κ3) is 3.51. The number of aromatic nitrogens is 3. The van der Waals surface area contributed by atoms with E-state index in [0.717, 1.165) is 67.8 Å². The first-order chi connectivity index (χ1) is 11.8. The number of piperidine rings is 1. The Balaban J connectivity index is 0.00000182. The van der Waals surface area contributed by atoms with Crippen LogP contribution in [0, 0.1) is 0 Å². The standard InChI is InChI=1S/C16H21N5O2S.ClH/c1-23-12-8-13(24-10-12)16(22)20-5-2-11(3-6-20)15-19-18-14-9-17-4-7-21(14)15;/h8,10-11,17H,2-7,9H2,1H3;1H. The Morgan fingerprint density at radius 1 is 1.32 bits per heavy atom. The quantitative estimate of drug-likeness (QED) is 0.876. The van der Waals surface area contributed by atoms with Crippen LogP contribution in [0.25, 0.3) is 0 Å². The van der Waals surface area contributed by atoms with Gasteiger partial charge in [0, 0.05) is 43.5 Å². The summed E-state index contributed by atoms with van der Waals surface area (Å²) in [4.78, 5) is 15.3. The Morgan fingerprint density at radius 3 is 2.84 bits per heavy atom. The van der Waals surface area contributed by atoms with Crippen LogP contribution >= 0.6 is 23.7 Å². The van der Waals surface area contributed by atoms with Crippen LogP contribution in [-0.2, 0) is 13.1 Å². The minimum atomic E-state index is 0. The zero-order valence-electron chi connectivity index (χ0n) is 14.1. The molecule has 1 N–H and O–H groups in total. The Hall–Kier alpha value is -1.64. The predicted octanol–water partition coefficient (Wildman–Crippen LogP) is 1.89. The second kappa shape index (κ2) is 7.72. The van der Waals surface area contributed by atoms with Crippen molar-refractivity contribution in [3.8, 4) is 5.75 Å².